The van der Waals surface area contributed by atoms with Crippen LogP contribution in [0.1, 0.15) is 24.2 Å². The van der Waals surface area contributed by atoms with E-state index < -0.39 is 5.54 Å². The molecule has 0 unspecified atom stereocenters. The van der Waals surface area contributed by atoms with Crippen molar-refractivity contribution < 1.29 is 9.32 Å². The number of nitrogens with one attached hydrogen (secondary N) is 1. The van der Waals surface area contributed by atoms with Gasteiger partial charge in [-0.15, -0.1) is 12.4 Å². The van der Waals surface area contributed by atoms with Gasteiger partial charge in [0, 0.05) is 23.2 Å². The Morgan fingerprint density at radius 3 is 2.50 bits per heavy atom. The summed E-state index contributed by atoms with van der Waals surface area (Å²) >= 11 is 0. The number of halogens is 1. The average molecular weight is 297 g/mol. The highest BCUT2D eigenvalue weighted by atomic mass is 35.5. The minimum atomic E-state index is -0.430. The van der Waals surface area contributed by atoms with Crippen molar-refractivity contribution in [3.63, 3.8) is 0 Å². The predicted molar refractivity (Wildman–Crippen MR) is 77.6 cm³/mol. The molecular formula is C13H17ClN4O2. The maximum atomic E-state index is 11.9. The fraction of sp³-hybridized carbons (Fsp3) is 0.308. The third-order valence-corrected chi connectivity index (χ3v) is 2.47. The van der Waals surface area contributed by atoms with E-state index in [0.717, 1.165) is 5.56 Å². The second kappa shape index (κ2) is 6.49. The van der Waals surface area contributed by atoms with Crippen LogP contribution in [0, 0.1) is 0 Å². The molecule has 7 heteroatoms. The minimum Gasteiger partial charge on any atom is -0.350 e. The maximum absolute atomic E-state index is 11.9. The van der Waals surface area contributed by atoms with Crippen molar-refractivity contribution in [3.8, 4) is 11.4 Å². The van der Waals surface area contributed by atoms with Gasteiger partial charge in [-0.1, -0.05) is 17.3 Å². The Kier molecular flexibility index (Phi) is 5.24. The quantitative estimate of drug-likeness (QED) is 0.894. The monoisotopic (exact) mass is 296 g/mol. The van der Waals surface area contributed by atoms with Crippen LogP contribution in [0.4, 0.5) is 0 Å². The van der Waals surface area contributed by atoms with E-state index in [4.69, 9.17) is 5.73 Å². The summed E-state index contributed by atoms with van der Waals surface area (Å²) in [5.74, 6) is 0.341. The maximum Gasteiger partial charge on any atom is 0.251 e. The lowest BCUT2D eigenvalue weighted by Crippen LogP contribution is -2.45. The Bertz CT molecular complexity index is 547. The summed E-state index contributed by atoms with van der Waals surface area (Å²) in [6.07, 6.45) is 1.26. The van der Waals surface area contributed by atoms with Gasteiger partial charge >= 0.3 is 0 Å². The van der Waals surface area contributed by atoms with E-state index in [2.05, 4.69) is 20.0 Å². The first kappa shape index (κ1) is 16.1. The number of hydrogen-bond acceptors (Lipinski definition) is 5. The molecule has 0 aliphatic carbocycles. The highest BCUT2D eigenvalue weighted by Crippen LogP contribution is 2.15. The molecule has 3 N–H and O–H groups in total. The van der Waals surface area contributed by atoms with Gasteiger partial charge in [0.15, 0.2) is 0 Å². The van der Waals surface area contributed by atoms with Gasteiger partial charge in [0.25, 0.3) is 5.91 Å². The van der Waals surface area contributed by atoms with Gasteiger partial charge in [-0.2, -0.15) is 4.98 Å². The molecule has 0 bridgehead atoms. The molecule has 6 nitrogen and oxygen atoms in total. The fourth-order valence-electron chi connectivity index (χ4n) is 1.48. The van der Waals surface area contributed by atoms with E-state index in [9.17, 15) is 4.79 Å². The molecule has 0 atom stereocenters. The minimum absolute atomic E-state index is 0. The van der Waals surface area contributed by atoms with Crippen molar-refractivity contribution in [1.82, 2.24) is 15.5 Å². The van der Waals surface area contributed by atoms with E-state index in [1.807, 2.05) is 13.8 Å². The highest BCUT2D eigenvalue weighted by Gasteiger charge is 2.13. The zero-order valence-electron chi connectivity index (χ0n) is 11.3. The largest absolute Gasteiger partial charge is 0.350 e. The predicted octanol–water partition coefficient (Wildman–Crippen LogP) is 1.63. The van der Waals surface area contributed by atoms with E-state index in [1.165, 1.54) is 6.39 Å². The Labute approximate surface area is 123 Å². The Hall–Kier alpha value is -1.92. The zero-order valence-corrected chi connectivity index (χ0v) is 12.1. The standard InChI is InChI=1S/C13H16N4O2.ClH/c1-13(2,14)7-15-12(18)10-5-3-9(4-6-10)11-16-8-19-17-11;/h3-6,8H,7,14H2,1-2H3,(H,15,18);1H. The number of benzene rings is 1. The number of carbonyl (C=O) groups excluding carboxylic acids is 1. The van der Waals surface area contributed by atoms with E-state index in [1.54, 1.807) is 24.3 Å². The van der Waals surface area contributed by atoms with Gasteiger partial charge in [0.05, 0.1) is 0 Å². The molecule has 0 fully saturated rings. The molecule has 2 rings (SSSR count). The van der Waals surface area contributed by atoms with Crippen molar-refractivity contribution >= 4 is 18.3 Å². The number of hydrogen-bond donors (Lipinski definition) is 2. The third kappa shape index (κ3) is 4.32. The second-order valence-corrected chi connectivity index (χ2v) is 5.00. The summed E-state index contributed by atoms with van der Waals surface area (Å²) < 4.78 is 4.67. The molecule has 0 aliphatic heterocycles. The summed E-state index contributed by atoms with van der Waals surface area (Å²) in [6, 6.07) is 6.97. The van der Waals surface area contributed by atoms with Gasteiger partial charge in [-0.25, -0.2) is 0 Å². The SMILES string of the molecule is CC(C)(N)CNC(=O)c1ccc(-c2ncon2)cc1.Cl. The van der Waals surface area contributed by atoms with Crippen LogP contribution in [0.25, 0.3) is 11.4 Å². The lowest BCUT2D eigenvalue weighted by Gasteiger charge is -2.18. The molecule has 1 aromatic carbocycles. The second-order valence-electron chi connectivity index (χ2n) is 5.00. The molecule has 0 radical (unpaired) electrons. The molecular weight excluding hydrogens is 280 g/mol. The first-order chi connectivity index (χ1) is 8.96. The number of rotatable bonds is 4. The van der Waals surface area contributed by atoms with Crippen LogP contribution in [-0.4, -0.2) is 28.1 Å². The summed E-state index contributed by atoms with van der Waals surface area (Å²) in [4.78, 5) is 15.8. The van der Waals surface area contributed by atoms with Crippen LogP contribution in [0.15, 0.2) is 35.2 Å². The average Bonchev–Trinajstić information content (AvgIpc) is 2.89. The van der Waals surface area contributed by atoms with Crippen molar-refractivity contribution in [2.45, 2.75) is 19.4 Å². The lowest BCUT2D eigenvalue weighted by atomic mass is 10.1. The lowest BCUT2D eigenvalue weighted by molar-refractivity contribution is 0.0946. The van der Waals surface area contributed by atoms with Gasteiger partial charge in [-0.05, 0) is 26.0 Å². The van der Waals surface area contributed by atoms with Gasteiger partial charge in [-0.3, -0.25) is 4.79 Å². The molecule has 1 amide bonds. The summed E-state index contributed by atoms with van der Waals surface area (Å²) in [5.41, 5.74) is 6.74. The summed E-state index contributed by atoms with van der Waals surface area (Å²) in [5, 5.41) is 6.51. The van der Waals surface area contributed by atoms with Gasteiger partial charge in [0.2, 0.25) is 12.2 Å². The van der Waals surface area contributed by atoms with Crippen LogP contribution >= 0.6 is 12.4 Å². The number of carbonyl (C=O) groups is 1. The zero-order chi connectivity index (χ0) is 13.9. The number of nitrogens with zero attached hydrogens (tertiary/aromatic N) is 2. The van der Waals surface area contributed by atoms with E-state index in [0.29, 0.717) is 17.9 Å². The topological polar surface area (TPSA) is 94.0 Å². The number of aromatic nitrogens is 2. The Morgan fingerprint density at radius 1 is 1.35 bits per heavy atom. The molecule has 0 saturated carbocycles. The number of nitrogens with two attached hydrogens (primary N) is 1. The van der Waals surface area contributed by atoms with Crippen LogP contribution in [0.2, 0.25) is 0 Å². The van der Waals surface area contributed by atoms with Crippen molar-refractivity contribution in [3.05, 3.63) is 36.2 Å². The molecule has 20 heavy (non-hydrogen) atoms. The molecule has 0 aliphatic rings. The van der Waals surface area contributed by atoms with Gasteiger partial charge in [0.1, 0.15) is 0 Å². The highest BCUT2D eigenvalue weighted by molar-refractivity contribution is 5.94. The van der Waals surface area contributed by atoms with Crippen LogP contribution < -0.4 is 11.1 Å². The smallest absolute Gasteiger partial charge is 0.251 e. The molecule has 0 spiro atoms. The van der Waals surface area contributed by atoms with Crippen LogP contribution in [0.5, 0.6) is 0 Å². The van der Waals surface area contributed by atoms with Crippen LogP contribution in [-0.2, 0) is 0 Å². The van der Waals surface area contributed by atoms with Gasteiger partial charge < -0.3 is 15.6 Å². The molecule has 2 aromatic rings. The van der Waals surface area contributed by atoms with E-state index >= 15 is 0 Å². The first-order valence-electron chi connectivity index (χ1n) is 5.89. The third-order valence-electron chi connectivity index (χ3n) is 2.47. The van der Waals surface area contributed by atoms with E-state index in [-0.39, 0.29) is 18.3 Å². The molecule has 1 heterocycles. The molecule has 108 valence electrons. The number of amides is 1. The Morgan fingerprint density at radius 2 is 2.00 bits per heavy atom. The van der Waals surface area contributed by atoms with Crippen molar-refractivity contribution in [2.24, 2.45) is 5.73 Å². The fourth-order valence-corrected chi connectivity index (χ4v) is 1.48. The van der Waals surface area contributed by atoms with Crippen molar-refractivity contribution in [2.75, 3.05) is 6.54 Å². The first-order valence-corrected chi connectivity index (χ1v) is 5.89. The van der Waals surface area contributed by atoms with Crippen molar-refractivity contribution in [1.29, 1.82) is 0 Å². The Balaban J connectivity index is 0.00000200. The summed E-state index contributed by atoms with van der Waals surface area (Å²) in [7, 11) is 0. The summed E-state index contributed by atoms with van der Waals surface area (Å²) in [6.45, 7) is 4.12. The molecule has 1 aromatic heterocycles. The van der Waals surface area contributed by atoms with Crippen LogP contribution in [0.3, 0.4) is 0 Å². The molecule has 0 saturated heterocycles. The normalized spacial score (nSPS) is 10.8.